The van der Waals surface area contributed by atoms with E-state index in [0.717, 1.165) is 0 Å². The molecule has 0 bridgehead atoms. The number of rotatable bonds is 6. The first-order valence-corrected chi connectivity index (χ1v) is 6.02. The van der Waals surface area contributed by atoms with Crippen molar-refractivity contribution < 1.29 is 24.3 Å². The first-order chi connectivity index (χ1) is 6.15. The van der Waals surface area contributed by atoms with Gasteiger partial charge >= 0.3 is 13.6 Å². The summed E-state index contributed by atoms with van der Waals surface area (Å²) < 4.78 is 10.4. The molecule has 0 spiro atoms. The zero-order valence-electron chi connectivity index (χ0n) is 8.01. The van der Waals surface area contributed by atoms with Crippen LogP contribution in [0.4, 0.5) is 0 Å². The van der Waals surface area contributed by atoms with Crippen LogP contribution in [0.1, 0.15) is 26.2 Å². The van der Waals surface area contributed by atoms with Crippen LogP contribution >= 0.6 is 7.60 Å². The molecule has 0 heterocycles. The minimum Gasteiger partial charge on any atom is -0.480 e. The van der Waals surface area contributed by atoms with Crippen LogP contribution in [0.2, 0.25) is 0 Å². The Hall–Kier alpha value is -0.420. The lowest BCUT2D eigenvalue weighted by Gasteiger charge is -2.18. The lowest BCUT2D eigenvalue weighted by Crippen LogP contribution is -2.44. The van der Waals surface area contributed by atoms with Gasteiger partial charge in [0, 0.05) is 6.16 Å². The van der Waals surface area contributed by atoms with Crippen molar-refractivity contribution in [1.82, 2.24) is 0 Å². The summed E-state index contributed by atoms with van der Waals surface area (Å²) in [5.74, 6) is -1.10. The predicted molar refractivity (Wildman–Crippen MR) is 51.0 cm³/mol. The largest absolute Gasteiger partial charge is 0.480 e. The molecule has 0 aliphatic carbocycles. The van der Waals surface area contributed by atoms with Crippen LogP contribution in [0.5, 0.6) is 0 Å². The topological polar surface area (TPSA) is 121 Å². The molecule has 84 valence electrons. The van der Waals surface area contributed by atoms with Gasteiger partial charge in [-0.2, -0.15) is 0 Å². The fourth-order valence-corrected chi connectivity index (χ4v) is 1.55. The molecule has 0 aliphatic rings. The molecule has 0 rings (SSSR count). The maximum absolute atomic E-state index is 10.5. The van der Waals surface area contributed by atoms with Crippen LogP contribution in [0, 0.1) is 0 Å². The van der Waals surface area contributed by atoms with Crippen molar-refractivity contribution in [1.29, 1.82) is 0 Å². The Morgan fingerprint density at radius 1 is 1.43 bits per heavy atom. The summed E-state index contributed by atoms with van der Waals surface area (Å²) in [6.45, 7) is 1.38. The summed E-state index contributed by atoms with van der Waals surface area (Å²) in [5, 5.41) is 8.62. The second-order valence-electron chi connectivity index (χ2n) is 3.57. The fourth-order valence-electron chi connectivity index (χ4n) is 0.917. The quantitative estimate of drug-likeness (QED) is 0.376. The molecule has 6 nitrogen and oxygen atoms in total. The van der Waals surface area contributed by atoms with E-state index in [2.05, 4.69) is 0 Å². The number of hydrogen-bond acceptors (Lipinski definition) is 3. The van der Waals surface area contributed by atoms with E-state index in [-0.39, 0.29) is 19.0 Å². The molecule has 14 heavy (non-hydrogen) atoms. The highest BCUT2D eigenvalue weighted by Gasteiger charge is 2.27. The van der Waals surface area contributed by atoms with E-state index in [1.165, 1.54) is 6.92 Å². The monoisotopic (exact) mass is 225 g/mol. The molecule has 5 N–H and O–H groups in total. The summed E-state index contributed by atoms with van der Waals surface area (Å²) in [5.41, 5.74) is 4.11. The standard InChI is InChI=1S/C7H16NO5P/c1-7(8,6(9)10)4-2-3-5-14(11,12)13/h2-5,8H2,1H3,(H,9,10)(H2,11,12,13)/t7-/m0/s1. The zero-order valence-corrected chi connectivity index (χ0v) is 8.91. The van der Waals surface area contributed by atoms with Crippen molar-refractivity contribution in [3.05, 3.63) is 0 Å². The average molecular weight is 225 g/mol. The van der Waals surface area contributed by atoms with Gasteiger partial charge in [0.05, 0.1) is 0 Å². The highest BCUT2D eigenvalue weighted by atomic mass is 31.2. The van der Waals surface area contributed by atoms with Gasteiger partial charge in [0.25, 0.3) is 0 Å². The summed E-state index contributed by atoms with van der Waals surface area (Å²) in [7, 11) is -3.96. The van der Waals surface area contributed by atoms with Crippen molar-refractivity contribution in [2.45, 2.75) is 31.7 Å². The fraction of sp³-hybridized carbons (Fsp3) is 0.857. The smallest absolute Gasteiger partial charge is 0.325 e. The van der Waals surface area contributed by atoms with Gasteiger partial charge in [-0.15, -0.1) is 0 Å². The van der Waals surface area contributed by atoms with Crippen LogP contribution in [-0.2, 0) is 9.36 Å². The Kier molecular flexibility index (Phi) is 4.74. The van der Waals surface area contributed by atoms with Crippen LogP contribution < -0.4 is 5.73 Å². The summed E-state index contributed by atoms with van der Waals surface area (Å²) in [4.78, 5) is 27.6. The van der Waals surface area contributed by atoms with E-state index in [1.807, 2.05) is 0 Å². The summed E-state index contributed by atoms with van der Waals surface area (Å²) in [6, 6.07) is 0. The molecule has 0 aromatic rings. The normalized spacial score (nSPS) is 16.3. The number of carboxylic acid groups (broad SMARTS) is 1. The number of nitrogens with two attached hydrogens (primary N) is 1. The highest BCUT2D eigenvalue weighted by molar-refractivity contribution is 7.51. The minimum atomic E-state index is -3.96. The van der Waals surface area contributed by atoms with Crippen LogP contribution in [0.15, 0.2) is 0 Å². The number of hydrogen-bond donors (Lipinski definition) is 4. The van der Waals surface area contributed by atoms with Crippen LogP contribution in [-0.4, -0.2) is 32.6 Å². The number of unbranched alkanes of at least 4 members (excludes halogenated alkanes) is 1. The van der Waals surface area contributed by atoms with Crippen molar-refractivity contribution in [3.8, 4) is 0 Å². The summed E-state index contributed by atoms with van der Waals surface area (Å²) >= 11 is 0. The third-order valence-corrected chi connectivity index (χ3v) is 2.78. The van der Waals surface area contributed by atoms with Crippen molar-refractivity contribution in [3.63, 3.8) is 0 Å². The number of aliphatic carboxylic acids is 1. The molecule has 0 saturated heterocycles. The van der Waals surface area contributed by atoms with E-state index in [0.29, 0.717) is 6.42 Å². The van der Waals surface area contributed by atoms with Gasteiger partial charge in [0.2, 0.25) is 0 Å². The molecular formula is C7H16NO5P. The predicted octanol–water partition coefficient (Wildman–Crippen LogP) is 0.136. The minimum absolute atomic E-state index is 0.211. The molecule has 0 aromatic heterocycles. The first-order valence-electron chi connectivity index (χ1n) is 4.22. The van der Waals surface area contributed by atoms with E-state index >= 15 is 0 Å². The van der Waals surface area contributed by atoms with E-state index in [4.69, 9.17) is 20.6 Å². The number of carbonyl (C=O) groups is 1. The summed E-state index contributed by atoms with van der Waals surface area (Å²) in [6.07, 6.45) is 0.666. The Bertz CT molecular complexity index is 246. The molecule has 1 atom stereocenters. The average Bonchev–Trinajstić information content (AvgIpc) is 1.96. The van der Waals surface area contributed by atoms with E-state index in [9.17, 15) is 9.36 Å². The van der Waals surface area contributed by atoms with Gasteiger partial charge in [0.1, 0.15) is 5.54 Å². The number of carboxylic acids is 1. The van der Waals surface area contributed by atoms with Gasteiger partial charge in [-0.3, -0.25) is 9.36 Å². The zero-order chi connectivity index (χ0) is 11.4. The lowest BCUT2D eigenvalue weighted by molar-refractivity contribution is -0.142. The molecular weight excluding hydrogens is 209 g/mol. The van der Waals surface area contributed by atoms with Crippen molar-refractivity contribution in [2.24, 2.45) is 5.73 Å². The third kappa shape index (κ3) is 6.10. The van der Waals surface area contributed by atoms with Crippen LogP contribution in [0.3, 0.4) is 0 Å². The molecule has 0 amide bonds. The van der Waals surface area contributed by atoms with Gasteiger partial charge < -0.3 is 20.6 Å². The first kappa shape index (κ1) is 13.6. The Morgan fingerprint density at radius 2 is 1.93 bits per heavy atom. The molecule has 7 heteroatoms. The SMILES string of the molecule is C[C@](N)(CCCCP(=O)(O)O)C(=O)O. The van der Waals surface area contributed by atoms with Crippen molar-refractivity contribution in [2.75, 3.05) is 6.16 Å². The Balaban J connectivity index is 3.76. The maximum atomic E-state index is 10.5. The van der Waals surface area contributed by atoms with Gasteiger partial charge in [0.15, 0.2) is 0 Å². The highest BCUT2D eigenvalue weighted by Crippen LogP contribution is 2.35. The lowest BCUT2D eigenvalue weighted by atomic mass is 9.97. The molecule has 0 saturated carbocycles. The van der Waals surface area contributed by atoms with Gasteiger partial charge in [-0.1, -0.05) is 6.42 Å². The molecule has 0 fully saturated rings. The molecule has 0 radical (unpaired) electrons. The second-order valence-corrected chi connectivity index (χ2v) is 5.34. The van der Waals surface area contributed by atoms with Crippen LogP contribution in [0.25, 0.3) is 0 Å². The second kappa shape index (κ2) is 4.89. The van der Waals surface area contributed by atoms with E-state index < -0.39 is 19.1 Å². The van der Waals surface area contributed by atoms with Gasteiger partial charge in [-0.25, -0.2) is 0 Å². The van der Waals surface area contributed by atoms with E-state index in [1.54, 1.807) is 0 Å². The maximum Gasteiger partial charge on any atom is 0.325 e. The molecule has 0 aromatic carbocycles. The van der Waals surface area contributed by atoms with Crippen molar-refractivity contribution >= 4 is 13.6 Å². The Labute approximate surface area is 82.3 Å². The van der Waals surface area contributed by atoms with Gasteiger partial charge in [-0.05, 0) is 19.8 Å². The molecule has 0 aliphatic heterocycles. The third-order valence-electron chi connectivity index (χ3n) is 1.88. The Morgan fingerprint density at radius 3 is 2.29 bits per heavy atom. The molecule has 0 unspecified atom stereocenters.